The van der Waals surface area contributed by atoms with Crippen molar-refractivity contribution in [1.82, 2.24) is 4.90 Å². The number of aliphatic carboxylic acids is 1. The third kappa shape index (κ3) is 2.74. The zero-order valence-electron chi connectivity index (χ0n) is 11.1. The van der Waals surface area contributed by atoms with Crippen molar-refractivity contribution in [3.05, 3.63) is 29.6 Å². The van der Waals surface area contributed by atoms with E-state index in [9.17, 15) is 19.1 Å². The van der Waals surface area contributed by atoms with Crippen LogP contribution in [0.4, 0.5) is 4.39 Å². The van der Waals surface area contributed by atoms with E-state index in [1.165, 1.54) is 24.1 Å². The Morgan fingerprint density at radius 1 is 1.40 bits per heavy atom. The van der Waals surface area contributed by atoms with E-state index in [0.717, 1.165) is 18.9 Å². The van der Waals surface area contributed by atoms with Crippen molar-refractivity contribution in [2.24, 2.45) is 0 Å². The summed E-state index contributed by atoms with van der Waals surface area (Å²) < 4.78 is 18.2. The molecule has 1 fully saturated rings. The average molecular weight is 281 g/mol. The lowest BCUT2D eigenvalue weighted by Gasteiger charge is -2.33. The molecular formula is C14H16FNO4. The quantitative estimate of drug-likeness (QED) is 0.919. The maximum Gasteiger partial charge on any atom is 0.326 e. The van der Waals surface area contributed by atoms with E-state index in [1.54, 1.807) is 0 Å². The molecule has 0 saturated carbocycles. The average Bonchev–Trinajstić information content (AvgIpc) is 2.47. The molecule has 1 saturated heterocycles. The normalized spacial score (nSPS) is 18.7. The summed E-state index contributed by atoms with van der Waals surface area (Å²) in [7, 11) is 1.31. The van der Waals surface area contributed by atoms with Gasteiger partial charge in [0.25, 0.3) is 5.91 Å². The molecular weight excluding hydrogens is 265 g/mol. The fourth-order valence-corrected chi connectivity index (χ4v) is 2.39. The van der Waals surface area contributed by atoms with Crippen LogP contribution in [0, 0.1) is 5.82 Å². The van der Waals surface area contributed by atoms with Gasteiger partial charge in [0.05, 0.1) is 7.11 Å². The molecule has 20 heavy (non-hydrogen) atoms. The summed E-state index contributed by atoms with van der Waals surface area (Å²) in [6.07, 6.45) is 2.00. The molecule has 0 aromatic heterocycles. The molecule has 2 rings (SSSR count). The third-order valence-corrected chi connectivity index (χ3v) is 3.45. The minimum Gasteiger partial charge on any atom is -0.494 e. The zero-order chi connectivity index (χ0) is 14.7. The van der Waals surface area contributed by atoms with E-state index in [1.807, 2.05) is 0 Å². The highest BCUT2D eigenvalue weighted by molar-refractivity contribution is 5.97. The summed E-state index contributed by atoms with van der Waals surface area (Å²) in [5.41, 5.74) is 0.233. The van der Waals surface area contributed by atoms with E-state index < -0.39 is 23.7 Å². The molecule has 108 valence electrons. The number of carboxylic acid groups (broad SMARTS) is 1. The largest absolute Gasteiger partial charge is 0.494 e. The minimum atomic E-state index is -1.01. The van der Waals surface area contributed by atoms with Gasteiger partial charge < -0.3 is 14.7 Å². The first-order valence-electron chi connectivity index (χ1n) is 6.42. The van der Waals surface area contributed by atoms with Crippen LogP contribution in [0.2, 0.25) is 0 Å². The van der Waals surface area contributed by atoms with Gasteiger partial charge in [0, 0.05) is 12.1 Å². The molecule has 0 aliphatic carbocycles. The number of carbonyl (C=O) groups excluding carboxylic acids is 1. The van der Waals surface area contributed by atoms with Crippen LogP contribution in [0.1, 0.15) is 29.6 Å². The molecule has 1 aliphatic rings. The summed E-state index contributed by atoms with van der Waals surface area (Å²) in [4.78, 5) is 24.9. The zero-order valence-corrected chi connectivity index (χ0v) is 11.1. The van der Waals surface area contributed by atoms with Crippen LogP contribution < -0.4 is 4.74 Å². The van der Waals surface area contributed by atoms with Crippen LogP contribution in [0.5, 0.6) is 5.75 Å². The van der Waals surface area contributed by atoms with Gasteiger partial charge in [0.1, 0.15) is 6.04 Å². The molecule has 5 nitrogen and oxygen atoms in total. The number of likely N-dealkylation sites (tertiary alicyclic amines) is 1. The van der Waals surface area contributed by atoms with Crippen molar-refractivity contribution in [3.63, 3.8) is 0 Å². The number of benzene rings is 1. The van der Waals surface area contributed by atoms with E-state index in [4.69, 9.17) is 4.74 Å². The highest BCUT2D eigenvalue weighted by Crippen LogP contribution is 2.23. The molecule has 1 N–H and O–H groups in total. The monoisotopic (exact) mass is 281 g/mol. The number of carbonyl (C=O) groups is 2. The Labute approximate surface area is 116 Å². The predicted octanol–water partition coefficient (Wildman–Crippen LogP) is 1.91. The Kier molecular flexibility index (Phi) is 4.22. The van der Waals surface area contributed by atoms with Crippen molar-refractivity contribution < 1.29 is 23.8 Å². The standard InChI is InChI=1S/C14H16FNO4/c1-20-12-8-9(5-6-10(12)15)13(17)16-7-3-2-4-11(16)14(18)19/h5-6,8,11H,2-4,7H2,1H3,(H,18,19). The molecule has 6 heteroatoms. The van der Waals surface area contributed by atoms with Crippen LogP contribution in [0.3, 0.4) is 0 Å². The number of ether oxygens (including phenoxy) is 1. The fourth-order valence-electron chi connectivity index (χ4n) is 2.39. The van der Waals surface area contributed by atoms with Crippen LogP contribution in [0.15, 0.2) is 18.2 Å². The molecule has 1 amide bonds. The number of hydrogen-bond donors (Lipinski definition) is 1. The lowest BCUT2D eigenvalue weighted by Crippen LogP contribution is -2.47. The first-order valence-corrected chi connectivity index (χ1v) is 6.42. The second-order valence-corrected chi connectivity index (χ2v) is 4.70. The molecule has 1 aliphatic heterocycles. The van der Waals surface area contributed by atoms with Gasteiger partial charge in [-0.3, -0.25) is 4.79 Å². The van der Waals surface area contributed by atoms with Crippen molar-refractivity contribution in [2.75, 3.05) is 13.7 Å². The van der Waals surface area contributed by atoms with Gasteiger partial charge >= 0.3 is 5.97 Å². The number of carboxylic acids is 1. The van der Waals surface area contributed by atoms with E-state index in [2.05, 4.69) is 0 Å². The maximum absolute atomic E-state index is 13.3. The van der Waals surface area contributed by atoms with Gasteiger partial charge in [-0.2, -0.15) is 0 Å². The molecule has 0 bridgehead atoms. The van der Waals surface area contributed by atoms with Crippen molar-refractivity contribution in [1.29, 1.82) is 0 Å². The summed E-state index contributed by atoms with van der Waals surface area (Å²) in [6, 6.07) is 2.97. The van der Waals surface area contributed by atoms with E-state index in [-0.39, 0.29) is 11.3 Å². The molecule has 1 aromatic rings. The maximum atomic E-state index is 13.3. The summed E-state index contributed by atoms with van der Waals surface area (Å²) in [6.45, 7) is 0.398. The molecule has 1 aromatic carbocycles. The Morgan fingerprint density at radius 3 is 2.80 bits per heavy atom. The SMILES string of the molecule is COc1cc(C(=O)N2CCCCC2C(=O)O)ccc1F. The molecule has 1 heterocycles. The molecule has 1 unspecified atom stereocenters. The predicted molar refractivity (Wildman–Crippen MR) is 69.3 cm³/mol. The van der Waals surface area contributed by atoms with Gasteiger partial charge in [-0.05, 0) is 37.5 Å². The van der Waals surface area contributed by atoms with Crippen LogP contribution in [0.25, 0.3) is 0 Å². The fraction of sp³-hybridized carbons (Fsp3) is 0.429. The number of amides is 1. The first-order chi connectivity index (χ1) is 9.54. The highest BCUT2D eigenvalue weighted by atomic mass is 19.1. The number of halogens is 1. The second kappa shape index (κ2) is 5.90. The highest BCUT2D eigenvalue weighted by Gasteiger charge is 2.32. The second-order valence-electron chi connectivity index (χ2n) is 4.70. The summed E-state index contributed by atoms with van der Waals surface area (Å²) >= 11 is 0. The van der Waals surface area contributed by atoms with Gasteiger partial charge in [-0.15, -0.1) is 0 Å². The molecule has 0 spiro atoms. The Hall–Kier alpha value is -2.11. The summed E-state index contributed by atoms with van der Waals surface area (Å²) in [5.74, 6) is -2.00. The number of methoxy groups -OCH3 is 1. The van der Waals surface area contributed by atoms with Crippen molar-refractivity contribution in [3.8, 4) is 5.75 Å². The van der Waals surface area contributed by atoms with Gasteiger partial charge in [-0.25, -0.2) is 9.18 Å². The number of hydrogen-bond acceptors (Lipinski definition) is 3. The molecule has 0 radical (unpaired) electrons. The van der Waals surface area contributed by atoms with Crippen LogP contribution in [-0.4, -0.2) is 41.6 Å². The summed E-state index contributed by atoms with van der Waals surface area (Å²) in [5, 5.41) is 9.17. The number of rotatable bonds is 3. The van der Waals surface area contributed by atoms with Gasteiger partial charge in [0.2, 0.25) is 0 Å². The smallest absolute Gasteiger partial charge is 0.326 e. The van der Waals surface area contributed by atoms with E-state index >= 15 is 0 Å². The van der Waals surface area contributed by atoms with Crippen LogP contribution >= 0.6 is 0 Å². The van der Waals surface area contributed by atoms with Crippen LogP contribution in [-0.2, 0) is 4.79 Å². The number of piperidine rings is 1. The minimum absolute atomic E-state index is 0.0280. The van der Waals surface area contributed by atoms with Crippen molar-refractivity contribution >= 4 is 11.9 Å². The topological polar surface area (TPSA) is 66.8 Å². The molecule has 1 atom stereocenters. The Morgan fingerprint density at radius 2 is 2.15 bits per heavy atom. The Balaban J connectivity index is 2.27. The lowest BCUT2D eigenvalue weighted by molar-refractivity contribution is -0.143. The van der Waals surface area contributed by atoms with Gasteiger partial charge in [0.15, 0.2) is 11.6 Å². The van der Waals surface area contributed by atoms with E-state index in [0.29, 0.717) is 13.0 Å². The van der Waals surface area contributed by atoms with Gasteiger partial charge in [-0.1, -0.05) is 0 Å². The number of nitrogens with zero attached hydrogens (tertiary/aromatic N) is 1. The first kappa shape index (κ1) is 14.3. The Bertz CT molecular complexity index is 532. The lowest BCUT2D eigenvalue weighted by atomic mass is 10.0. The van der Waals surface area contributed by atoms with Crippen molar-refractivity contribution in [2.45, 2.75) is 25.3 Å². The third-order valence-electron chi connectivity index (χ3n) is 3.45.